The molecule has 0 aliphatic heterocycles. The van der Waals surface area contributed by atoms with Crippen molar-refractivity contribution < 1.29 is 18.0 Å². The molecule has 0 aliphatic rings. The summed E-state index contributed by atoms with van der Waals surface area (Å²) in [6, 6.07) is 7.17. The number of nitrogens with zero attached hydrogens (tertiary/aromatic N) is 1. The summed E-state index contributed by atoms with van der Waals surface area (Å²) in [6.45, 7) is 7.62. The van der Waals surface area contributed by atoms with Crippen molar-refractivity contribution >= 4 is 29.1 Å². The highest BCUT2D eigenvalue weighted by Crippen LogP contribution is 2.36. The molecule has 26 heavy (non-hydrogen) atoms. The number of hydrogen-bond donors (Lipinski definition) is 1. The summed E-state index contributed by atoms with van der Waals surface area (Å²) in [7, 11) is 1.03. The van der Waals surface area contributed by atoms with Crippen LogP contribution in [0.1, 0.15) is 44.9 Å². The highest BCUT2D eigenvalue weighted by atomic mass is 32.2. The lowest BCUT2D eigenvalue weighted by atomic mass is 10.1. The smallest absolute Gasteiger partial charge is 0.322 e. The number of halogens is 3. The van der Waals surface area contributed by atoms with E-state index in [-0.39, 0.29) is 5.25 Å². The van der Waals surface area contributed by atoms with Crippen LogP contribution in [0.25, 0.3) is 0 Å². The van der Waals surface area contributed by atoms with Crippen molar-refractivity contribution in [1.82, 2.24) is 0 Å². The maximum atomic E-state index is 13.1. The molecule has 0 bridgehead atoms. The van der Waals surface area contributed by atoms with Gasteiger partial charge >= 0.3 is 6.18 Å². The monoisotopic (exact) mass is 386 g/mol. The minimum absolute atomic E-state index is 0.0948. The number of rotatable bonds is 7. The molecule has 1 aromatic carbocycles. The lowest BCUT2D eigenvalue weighted by Crippen LogP contribution is -2.31. The van der Waals surface area contributed by atoms with Crippen LogP contribution in [-0.4, -0.2) is 30.1 Å². The van der Waals surface area contributed by atoms with Crippen molar-refractivity contribution in [3.8, 4) is 0 Å². The van der Waals surface area contributed by atoms with E-state index < -0.39 is 23.4 Å². The van der Waals surface area contributed by atoms with E-state index in [1.807, 2.05) is 19.1 Å². The number of carbonyl (C=O) groups excluding carboxylic acids is 1. The van der Waals surface area contributed by atoms with Crippen LogP contribution in [0.5, 0.6) is 0 Å². The van der Waals surface area contributed by atoms with Crippen LogP contribution in [0.3, 0.4) is 0 Å². The molecule has 0 aliphatic carbocycles. The summed E-state index contributed by atoms with van der Waals surface area (Å²) >= 11 is 1.75. The summed E-state index contributed by atoms with van der Waals surface area (Å²) in [5.74, 6) is -0.821. The maximum absolute atomic E-state index is 13.1. The molecule has 0 saturated carbocycles. The highest BCUT2D eigenvalue weighted by Gasteiger charge is 2.39. The lowest BCUT2D eigenvalue weighted by molar-refractivity contribution is -0.113. The molecule has 1 aromatic rings. The number of thioether (sulfide) groups is 1. The number of para-hydroxylation sites is 1. The second-order valence-corrected chi connectivity index (χ2v) is 7.59. The van der Waals surface area contributed by atoms with Gasteiger partial charge in [-0.25, -0.2) is 0 Å². The first kappa shape index (κ1) is 22.3. The Hall–Kier alpha value is -1.76. The molecule has 0 aromatic heterocycles. The van der Waals surface area contributed by atoms with Gasteiger partial charge in [0.15, 0.2) is 5.71 Å². The van der Waals surface area contributed by atoms with Crippen molar-refractivity contribution in [2.75, 3.05) is 12.4 Å². The van der Waals surface area contributed by atoms with Crippen molar-refractivity contribution in [2.24, 2.45) is 4.99 Å². The zero-order valence-electron chi connectivity index (χ0n) is 15.6. The number of aliphatic imine (C=N–C) groups is 1. The van der Waals surface area contributed by atoms with Crippen LogP contribution in [0, 0.1) is 0 Å². The molecular weight excluding hydrogens is 361 g/mol. The van der Waals surface area contributed by atoms with Crippen LogP contribution in [0.15, 0.2) is 40.9 Å². The van der Waals surface area contributed by atoms with Gasteiger partial charge in [-0.2, -0.15) is 24.9 Å². The third-order valence-electron chi connectivity index (χ3n) is 3.94. The second kappa shape index (κ2) is 9.80. The Balaban J connectivity index is 3.10. The average Bonchev–Trinajstić information content (AvgIpc) is 2.58. The highest BCUT2D eigenvalue weighted by molar-refractivity contribution is 8.00. The standard InChI is InChI=1S/C19H25F3N2OS/c1-6-12(3)26-13(4)15-10-8-9-11-16(15)24-18(25)14(7-2)17(23-5)19(20,21)22/h7-13H,6H2,1-5H3,(H,24,25)/b14-7+,23-17+. The molecule has 0 saturated heterocycles. The lowest BCUT2D eigenvalue weighted by Gasteiger charge is -2.20. The number of anilines is 1. The zero-order valence-corrected chi connectivity index (χ0v) is 16.5. The van der Waals surface area contributed by atoms with Gasteiger partial charge in [-0.1, -0.05) is 38.1 Å². The van der Waals surface area contributed by atoms with Crippen LogP contribution in [0.4, 0.5) is 18.9 Å². The predicted molar refractivity (Wildman–Crippen MR) is 104 cm³/mol. The molecule has 0 radical (unpaired) electrons. The van der Waals surface area contributed by atoms with E-state index in [4.69, 9.17) is 0 Å². The quantitative estimate of drug-likeness (QED) is 0.475. The van der Waals surface area contributed by atoms with Gasteiger partial charge in [0.2, 0.25) is 0 Å². The molecule has 1 rings (SSSR count). The molecule has 0 heterocycles. The first-order chi connectivity index (χ1) is 12.1. The number of hydrogen-bond acceptors (Lipinski definition) is 3. The summed E-state index contributed by atoms with van der Waals surface area (Å²) < 4.78 is 39.3. The van der Waals surface area contributed by atoms with E-state index in [1.54, 1.807) is 23.9 Å². The van der Waals surface area contributed by atoms with Crippen LogP contribution in [-0.2, 0) is 4.79 Å². The predicted octanol–water partition coefficient (Wildman–Crippen LogP) is 5.80. The fourth-order valence-corrected chi connectivity index (χ4v) is 3.69. The minimum Gasteiger partial charge on any atom is -0.322 e. The largest absolute Gasteiger partial charge is 0.433 e. The molecular formula is C19H25F3N2OS. The van der Waals surface area contributed by atoms with Gasteiger partial charge in [-0.15, -0.1) is 0 Å². The zero-order chi connectivity index (χ0) is 19.9. The van der Waals surface area contributed by atoms with Gasteiger partial charge in [0.1, 0.15) is 0 Å². The maximum Gasteiger partial charge on any atom is 0.433 e. The SMILES string of the molecule is C/C=C(C(=O)Nc1ccccc1C(C)SC(C)CC)\C(=N/C)C(F)(F)F. The number of carbonyl (C=O) groups is 1. The first-order valence-corrected chi connectivity index (χ1v) is 9.36. The van der Waals surface area contributed by atoms with Crippen LogP contribution >= 0.6 is 11.8 Å². The Kier molecular flexibility index (Phi) is 8.40. The molecule has 1 N–H and O–H groups in total. The normalized spacial score (nSPS) is 15.5. The third kappa shape index (κ3) is 5.90. The first-order valence-electron chi connectivity index (χ1n) is 8.42. The molecule has 2 atom stereocenters. The third-order valence-corrected chi connectivity index (χ3v) is 5.40. The van der Waals surface area contributed by atoms with Crippen LogP contribution < -0.4 is 5.32 Å². The van der Waals surface area contributed by atoms with E-state index in [2.05, 4.69) is 24.2 Å². The molecule has 144 valence electrons. The molecule has 1 amide bonds. The fraction of sp³-hybridized carbons (Fsp3) is 0.474. The van der Waals surface area contributed by atoms with E-state index in [9.17, 15) is 18.0 Å². The Morgan fingerprint density at radius 1 is 1.31 bits per heavy atom. The van der Waals surface area contributed by atoms with Gasteiger partial charge in [-0.05, 0) is 31.9 Å². The van der Waals surface area contributed by atoms with Gasteiger partial charge < -0.3 is 5.32 Å². The number of amides is 1. The number of nitrogens with one attached hydrogen (secondary N) is 1. The van der Waals surface area contributed by atoms with Crippen molar-refractivity contribution in [3.05, 3.63) is 41.5 Å². The van der Waals surface area contributed by atoms with E-state index in [0.717, 1.165) is 25.1 Å². The van der Waals surface area contributed by atoms with Crippen molar-refractivity contribution in [1.29, 1.82) is 0 Å². The molecule has 2 unspecified atom stereocenters. The van der Waals surface area contributed by atoms with Gasteiger partial charge in [0.05, 0.1) is 5.57 Å². The van der Waals surface area contributed by atoms with Crippen molar-refractivity contribution in [2.45, 2.75) is 50.8 Å². The Morgan fingerprint density at radius 3 is 2.42 bits per heavy atom. The van der Waals surface area contributed by atoms with Crippen molar-refractivity contribution in [3.63, 3.8) is 0 Å². The Labute approximate surface area is 157 Å². The Morgan fingerprint density at radius 2 is 1.92 bits per heavy atom. The average molecular weight is 386 g/mol. The minimum atomic E-state index is -4.69. The van der Waals surface area contributed by atoms with Gasteiger partial charge in [0.25, 0.3) is 5.91 Å². The fourth-order valence-electron chi connectivity index (χ4n) is 2.45. The van der Waals surface area contributed by atoms with E-state index in [0.29, 0.717) is 10.9 Å². The Bertz CT molecular complexity index is 684. The molecule has 3 nitrogen and oxygen atoms in total. The summed E-state index contributed by atoms with van der Waals surface area (Å²) in [5, 5.41) is 3.15. The molecule has 0 spiro atoms. The number of allylic oxidation sites excluding steroid dienone is 1. The van der Waals surface area contributed by atoms with Gasteiger partial charge in [-0.3, -0.25) is 9.79 Å². The molecule has 0 fully saturated rings. The van der Waals surface area contributed by atoms with Gasteiger partial charge in [0, 0.05) is 23.2 Å². The molecule has 7 heteroatoms. The topological polar surface area (TPSA) is 41.5 Å². The number of alkyl halides is 3. The summed E-state index contributed by atoms with van der Waals surface area (Å²) in [6.07, 6.45) is -2.55. The van der Waals surface area contributed by atoms with E-state index >= 15 is 0 Å². The summed E-state index contributed by atoms with van der Waals surface area (Å²) in [5.41, 5.74) is -0.282. The summed E-state index contributed by atoms with van der Waals surface area (Å²) in [4.78, 5) is 15.7. The van der Waals surface area contributed by atoms with Crippen LogP contribution in [0.2, 0.25) is 0 Å². The second-order valence-electron chi connectivity index (χ2n) is 5.81. The number of benzene rings is 1. The van der Waals surface area contributed by atoms with E-state index in [1.165, 1.54) is 6.92 Å².